The summed E-state index contributed by atoms with van der Waals surface area (Å²) in [4.78, 5) is 18.2. The average Bonchev–Trinajstić information content (AvgIpc) is 3.42. The molecule has 4 rings (SSSR count). The number of cyclic esters (lactones) is 1. The number of anilines is 1. The maximum absolute atomic E-state index is 12.5. The van der Waals surface area contributed by atoms with Crippen molar-refractivity contribution in [2.24, 2.45) is 0 Å². The van der Waals surface area contributed by atoms with Crippen LogP contribution in [0, 0.1) is 24.4 Å². The van der Waals surface area contributed by atoms with E-state index < -0.39 is 6.09 Å². The van der Waals surface area contributed by atoms with Crippen LogP contribution in [0.4, 0.5) is 10.5 Å². The molecule has 9 heteroatoms. The Kier molecular flexibility index (Phi) is 5.79. The number of terminal acetylenes is 1. The average molecular weight is 415 g/mol. The molecule has 0 spiro atoms. The summed E-state index contributed by atoms with van der Waals surface area (Å²) >= 11 is 0. The summed E-state index contributed by atoms with van der Waals surface area (Å²) in [6.45, 7) is 0.484. The summed E-state index contributed by atoms with van der Waals surface area (Å²) < 4.78 is 12.4. The lowest BCUT2D eigenvalue weighted by atomic mass is 10.1. The van der Waals surface area contributed by atoms with Crippen LogP contribution in [0.2, 0.25) is 0 Å². The summed E-state index contributed by atoms with van der Waals surface area (Å²) in [6.07, 6.45) is 11.6. The second kappa shape index (κ2) is 8.99. The fraction of sp³-hybridized carbons (Fsp3) is 0.182. The standard InChI is InChI=1S/C22H17N5O4/c1-2-30-21-12-16(17-5-7-18(23-13-17)4-3-11-28)6-8-20(21)27-15-19(31-22(27)29)14-26-10-9-24-25-26/h1,5-10,12-13,19,28H,11,14-15H2. The number of aromatic nitrogens is 4. The lowest BCUT2D eigenvalue weighted by Gasteiger charge is -2.17. The summed E-state index contributed by atoms with van der Waals surface area (Å²) in [7, 11) is 0. The van der Waals surface area contributed by atoms with Crippen LogP contribution in [0.1, 0.15) is 5.69 Å². The molecule has 0 bridgehead atoms. The molecule has 1 saturated heterocycles. The first-order valence-electron chi connectivity index (χ1n) is 9.33. The molecule has 0 radical (unpaired) electrons. The maximum atomic E-state index is 12.5. The van der Waals surface area contributed by atoms with Gasteiger partial charge in [0.05, 0.1) is 25.0 Å². The molecule has 3 aromatic rings. The predicted molar refractivity (Wildman–Crippen MR) is 111 cm³/mol. The molecule has 2 aromatic heterocycles. The van der Waals surface area contributed by atoms with Gasteiger partial charge >= 0.3 is 6.09 Å². The monoisotopic (exact) mass is 415 g/mol. The van der Waals surface area contributed by atoms with E-state index in [4.69, 9.17) is 21.0 Å². The van der Waals surface area contributed by atoms with Gasteiger partial charge in [-0.1, -0.05) is 29.7 Å². The van der Waals surface area contributed by atoms with E-state index in [1.165, 1.54) is 4.90 Å². The van der Waals surface area contributed by atoms with E-state index in [9.17, 15) is 4.79 Å². The molecule has 1 N–H and O–H groups in total. The molecule has 1 aliphatic rings. The van der Waals surface area contributed by atoms with Crippen molar-refractivity contribution < 1.29 is 19.4 Å². The highest BCUT2D eigenvalue weighted by Crippen LogP contribution is 2.35. The van der Waals surface area contributed by atoms with Crippen molar-refractivity contribution in [2.45, 2.75) is 12.6 Å². The fourth-order valence-corrected chi connectivity index (χ4v) is 3.18. The zero-order valence-electron chi connectivity index (χ0n) is 16.3. The smallest absolute Gasteiger partial charge is 0.414 e. The van der Waals surface area contributed by atoms with Crippen LogP contribution < -0.4 is 9.64 Å². The van der Waals surface area contributed by atoms with E-state index in [-0.39, 0.29) is 12.7 Å². The molecule has 1 fully saturated rings. The Morgan fingerprint density at radius 3 is 2.87 bits per heavy atom. The molecular formula is C22H17N5O4. The molecule has 1 amide bonds. The number of aliphatic hydroxyl groups is 1. The molecule has 3 heterocycles. The number of amides is 1. The van der Waals surface area contributed by atoms with Crippen molar-refractivity contribution in [1.29, 1.82) is 0 Å². The molecule has 1 aromatic carbocycles. The molecule has 0 saturated carbocycles. The van der Waals surface area contributed by atoms with E-state index in [1.807, 2.05) is 12.1 Å². The Hall–Kier alpha value is -4.34. The van der Waals surface area contributed by atoms with Crippen LogP contribution in [-0.2, 0) is 11.3 Å². The van der Waals surface area contributed by atoms with Crippen molar-refractivity contribution >= 4 is 11.8 Å². The highest BCUT2D eigenvalue weighted by atomic mass is 16.6. The molecule has 9 nitrogen and oxygen atoms in total. The number of pyridine rings is 1. The molecular weight excluding hydrogens is 398 g/mol. The van der Waals surface area contributed by atoms with Crippen LogP contribution in [0.3, 0.4) is 0 Å². The third-order valence-electron chi connectivity index (χ3n) is 4.55. The number of aliphatic hydroxyl groups excluding tert-OH is 1. The van der Waals surface area contributed by atoms with Gasteiger partial charge in [-0.05, 0) is 29.7 Å². The van der Waals surface area contributed by atoms with Crippen LogP contribution in [0.5, 0.6) is 5.75 Å². The number of benzene rings is 1. The van der Waals surface area contributed by atoms with E-state index >= 15 is 0 Å². The summed E-state index contributed by atoms with van der Waals surface area (Å²) in [5, 5.41) is 16.4. The number of carbonyl (C=O) groups is 1. The zero-order chi connectivity index (χ0) is 21.6. The van der Waals surface area contributed by atoms with Gasteiger partial charge in [-0.3, -0.25) is 4.90 Å². The Morgan fingerprint density at radius 2 is 2.16 bits per heavy atom. The zero-order valence-corrected chi connectivity index (χ0v) is 16.3. The van der Waals surface area contributed by atoms with Crippen LogP contribution in [0.25, 0.3) is 11.1 Å². The normalized spacial score (nSPS) is 15.0. The maximum Gasteiger partial charge on any atom is 0.414 e. The lowest BCUT2D eigenvalue weighted by molar-refractivity contribution is 0.129. The Balaban J connectivity index is 1.57. The van der Waals surface area contributed by atoms with E-state index in [1.54, 1.807) is 41.5 Å². The van der Waals surface area contributed by atoms with Gasteiger partial charge in [0.1, 0.15) is 24.5 Å². The van der Waals surface area contributed by atoms with Gasteiger partial charge in [0.2, 0.25) is 0 Å². The largest absolute Gasteiger partial charge is 0.442 e. The van der Waals surface area contributed by atoms with Gasteiger partial charge < -0.3 is 14.6 Å². The van der Waals surface area contributed by atoms with Gasteiger partial charge in [0, 0.05) is 18.0 Å². The van der Waals surface area contributed by atoms with Crippen molar-refractivity contribution in [3.05, 3.63) is 54.6 Å². The molecule has 1 atom stereocenters. The molecule has 0 aliphatic carbocycles. The lowest BCUT2D eigenvalue weighted by Crippen LogP contribution is -2.26. The van der Waals surface area contributed by atoms with Crippen molar-refractivity contribution in [3.8, 4) is 41.2 Å². The number of hydrogen-bond acceptors (Lipinski definition) is 7. The number of carbonyl (C=O) groups excluding carboxylic acids is 1. The number of nitrogens with zero attached hydrogens (tertiary/aromatic N) is 5. The molecule has 31 heavy (non-hydrogen) atoms. The minimum atomic E-state index is -0.492. The van der Waals surface area contributed by atoms with Gasteiger partial charge in [-0.25, -0.2) is 14.5 Å². The Labute approximate surface area is 178 Å². The Morgan fingerprint density at radius 1 is 1.29 bits per heavy atom. The van der Waals surface area contributed by atoms with Gasteiger partial charge in [0.25, 0.3) is 0 Å². The first kappa shape index (κ1) is 20.0. The second-order valence-electron chi connectivity index (χ2n) is 6.54. The topological polar surface area (TPSA) is 103 Å². The highest BCUT2D eigenvalue weighted by molar-refractivity contribution is 5.92. The highest BCUT2D eigenvalue weighted by Gasteiger charge is 2.34. The van der Waals surface area contributed by atoms with Gasteiger partial charge in [0.15, 0.2) is 5.75 Å². The molecule has 1 unspecified atom stereocenters. The van der Waals surface area contributed by atoms with Crippen molar-refractivity contribution in [1.82, 2.24) is 20.0 Å². The van der Waals surface area contributed by atoms with E-state index in [0.29, 0.717) is 30.2 Å². The number of ether oxygens (including phenoxy) is 2. The van der Waals surface area contributed by atoms with E-state index in [0.717, 1.165) is 11.1 Å². The third kappa shape index (κ3) is 4.47. The van der Waals surface area contributed by atoms with Crippen LogP contribution in [0.15, 0.2) is 48.9 Å². The quantitative estimate of drug-likeness (QED) is 0.633. The SMILES string of the molecule is C#COc1cc(-c2ccc(C#CCO)nc2)ccc1N1CC(Cn2ccnn2)OC1=O. The minimum absolute atomic E-state index is 0.226. The van der Waals surface area contributed by atoms with Crippen molar-refractivity contribution in [2.75, 3.05) is 18.1 Å². The number of rotatable bonds is 5. The number of hydrogen-bond donors (Lipinski definition) is 1. The molecule has 1 aliphatic heterocycles. The van der Waals surface area contributed by atoms with Gasteiger partial charge in [-0.2, -0.15) is 0 Å². The van der Waals surface area contributed by atoms with Crippen LogP contribution >= 0.6 is 0 Å². The summed E-state index contributed by atoms with van der Waals surface area (Å²) in [6, 6.07) is 8.93. The summed E-state index contributed by atoms with van der Waals surface area (Å²) in [5.41, 5.74) is 2.67. The van der Waals surface area contributed by atoms with Gasteiger partial charge in [-0.15, -0.1) is 5.10 Å². The Bertz CT molecular complexity index is 1170. The second-order valence-corrected chi connectivity index (χ2v) is 6.54. The first-order valence-corrected chi connectivity index (χ1v) is 9.33. The van der Waals surface area contributed by atoms with E-state index in [2.05, 4.69) is 33.2 Å². The fourth-order valence-electron chi connectivity index (χ4n) is 3.18. The summed E-state index contributed by atoms with van der Waals surface area (Å²) in [5.74, 6) is 5.65. The first-order chi connectivity index (χ1) is 15.2. The predicted octanol–water partition coefficient (Wildman–Crippen LogP) is 1.68. The molecule has 154 valence electrons. The third-order valence-corrected chi connectivity index (χ3v) is 4.55. The minimum Gasteiger partial charge on any atom is -0.442 e. The van der Waals surface area contributed by atoms with Crippen LogP contribution in [-0.4, -0.2) is 50.4 Å². The van der Waals surface area contributed by atoms with Crippen molar-refractivity contribution in [3.63, 3.8) is 0 Å².